The Morgan fingerprint density at radius 2 is 2.15 bits per heavy atom. The molecule has 0 aromatic heterocycles. The van der Waals surface area contributed by atoms with E-state index in [9.17, 15) is 14.9 Å². The quantitative estimate of drug-likeness (QED) is 0.515. The summed E-state index contributed by atoms with van der Waals surface area (Å²) in [4.78, 5) is 23.6. The summed E-state index contributed by atoms with van der Waals surface area (Å²) < 4.78 is 0. The van der Waals surface area contributed by atoms with Crippen LogP contribution in [0.25, 0.3) is 0 Å². The lowest BCUT2D eigenvalue weighted by atomic mass is 9.88. The van der Waals surface area contributed by atoms with Gasteiger partial charge in [0.1, 0.15) is 5.69 Å². The van der Waals surface area contributed by atoms with Crippen molar-refractivity contribution in [1.29, 1.82) is 0 Å². The normalized spacial score (nSPS) is 18.8. The molecule has 1 heterocycles. The molecule has 1 amide bonds. The monoisotopic (exact) mass is 378 g/mol. The van der Waals surface area contributed by atoms with E-state index in [4.69, 9.17) is 5.11 Å². The molecule has 2 atom stereocenters. The average Bonchev–Trinajstić information content (AvgIpc) is 2.59. The minimum absolute atomic E-state index is 0.0187. The molecular weight excluding hydrogens is 348 g/mol. The van der Waals surface area contributed by atoms with Crippen LogP contribution in [0.2, 0.25) is 0 Å². The minimum atomic E-state index is -0.953. The number of carboxylic acid groups (broad SMARTS) is 1. The molecule has 1 aromatic rings. The van der Waals surface area contributed by atoms with E-state index in [1.807, 2.05) is 6.07 Å². The number of nitro groups is 1. The maximum atomic E-state index is 11.5. The molecule has 0 aliphatic carbocycles. The Balaban J connectivity index is 2.09. The third-order valence-electron chi connectivity index (χ3n) is 5.22. The SMILES string of the molecule is CC(NCc1ccc(NC2CCCN(C(=O)O)C2)c([N+](=O)[O-])c1)C(C)(C)C. The van der Waals surface area contributed by atoms with Crippen LogP contribution in [-0.2, 0) is 6.54 Å². The van der Waals surface area contributed by atoms with Gasteiger partial charge in [0.15, 0.2) is 0 Å². The Labute approximate surface area is 160 Å². The summed E-state index contributed by atoms with van der Waals surface area (Å²) in [6, 6.07) is 5.31. The van der Waals surface area contributed by atoms with Gasteiger partial charge in [-0.2, -0.15) is 0 Å². The first-order valence-corrected chi connectivity index (χ1v) is 9.33. The van der Waals surface area contributed by atoms with E-state index in [0.717, 1.165) is 18.4 Å². The molecule has 2 rings (SSSR count). The lowest BCUT2D eigenvalue weighted by molar-refractivity contribution is -0.384. The third kappa shape index (κ3) is 5.82. The zero-order valence-corrected chi connectivity index (χ0v) is 16.5. The smallest absolute Gasteiger partial charge is 0.407 e. The van der Waals surface area contributed by atoms with Crippen LogP contribution < -0.4 is 10.6 Å². The summed E-state index contributed by atoms with van der Waals surface area (Å²) in [6.07, 6.45) is 0.572. The second-order valence-corrected chi connectivity index (χ2v) is 8.29. The van der Waals surface area contributed by atoms with Crippen molar-refractivity contribution in [2.45, 2.75) is 59.2 Å². The van der Waals surface area contributed by atoms with Crippen LogP contribution in [0.5, 0.6) is 0 Å². The van der Waals surface area contributed by atoms with Gasteiger partial charge < -0.3 is 20.6 Å². The Bertz CT molecular complexity index is 687. The highest BCUT2D eigenvalue weighted by atomic mass is 16.6. The van der Waals surface area contributed by atoms with E-state index in [1.165, 1.54) is 4.90 Å². The van der Waals surface area contributed by atoms with E-state index in [-0.39, 0.29) is 23.2 Å². The fourth-order valence-electron chi connectivity index (χ4n) is 3.03. The molecule has 150 valence electrons. The summed E-state index contributed by atoms with van der Waals surface area (Å²) in [5, 5.41) is 27.2. The summed E-state index contributed by atoms with van der Waals surface area (Å²) in [5.74, 6) is 0. The van der Waals surface area contributed by atoms with Gasteiger partial charge in [-0.1, -0.05) is 26.8 Å². The predicted octanol–water partition coefficient (Wildman–Crippen LogP) is 3.67. The summed E-state index contributed by atoms with van der Waals surface area (Å²) >= 11 is 0. The predicted molar refractivity (Wildman–Crippen MR) is 105 cm³/mol. The Morgan fingerprint density at radius 3 is 2.74 bits per heavy atom. The molecule has 2 unspecified atom stereocenters. The lowest BCUT2D eigenvalue weighted by Gasteiger charge is -2.31. The number of likely N-dealkylation sites (tertiary alicyclic amines) is 1. The lowest BCUT2D eigenvalue weighted by Crippen LogP contribution is -2.44. The molecule has 1 fully saturated rings. The number of hydrogen-bond acceptors (Lipinski definition) is 5. The van der Waals surface area contributed by atoms with Crippen molar-refractivity contribution in [1.82, 2.24) is 10.2 Å². The van der Waals surface area contributed by atoms with Crippen molar-refractivity contribution in [2.75, 3.05) is 18.4 Å². The molecule has 8 nitrogen and oxygen atoms in total. The number of amides is 1. The second-order valence-electron chi connectivity index (χ2n) is 8.29. The van der Waals surface area contributed by atoms with Crippen molar-refractivity contribution < 1.29 is 14.8 Å². The highest BCUT2D eigenvalue weighted by molar-refractivity contribution is 5.66. The molecule has 0 bridgehead atoms. The number of hydrogen-bond donors (Lipinski definition) is 3. The molecule has 1 aliphatic heterocycles. The number of carbonyl (C=O) groups is 1. The molecule has 0 radical (unpaired) electrons. The molecule has 1 saturated heterocycles. The van der Waals surface area contributed by atoms with Gasteiger partial charge in [0.25, 0.3) is 5.69 Å². The zero-order chi connectivity index (χ0) is 20.2. The molecule has 27 heavy (non-hydrogen) atoms. The summed E-state index contributed by atoms with van der Waals surface area (Å²) in [7, 11) is 0. The summed E-state index contributed by atoms with van der Waals surface area (Å²) in [6.45, 7) is 9.92. The maximum absolute atomic E-state index is 11.5. The van der Waals surface area contributed by atoms with Gasteiger partial charge in [-0.15, -0.1) is 0 Å². The van der Waals surface area contributed by atoms with Gasteiger partial charge in [0, 0.05) is 37.8 Å². The topological polar surface area (TPSA) is 108 Å². The first-order valence-electron chi connectivity index (χ1n) is 9.33. The maximum Gasteiger partial charge on any atom is 0.407 e. The molecule has 1 aliphatic rings. The van der Waals surface area contributed by atoms with E-state index < -0.39 is 11.0 Å². The molecule has 0 saturated carbocycles. The first-order chi connectivity index (χ1) is 12.6. The van der Waals surface area contributed by atoms with Crippen LogP contribution in [0.1, 0.15) is 46.1 Å². The molecule has 3 N–H and O–H groups in total. The number of piperidine rings is 1. The molecule has 8 heteroatoms. The van der Waals surface area contributed by atoms with Crippen molar-refractivity contribution in [2.24, 2.45) is 5.41 Å². The second kappa shape index (κ2) is 8.56. The van der Waals surface area contributed by atoms with E-state index in [0.29, 0.717) is 25.3 Å². The van der Waals surface area contributed by atoms with Gasteiger partial charge in [0.2, 0.25) is 0 Å². The van der Waals surface area contributed by atoms with Gasteiger partial charge in [-0.05, 0) is 36.8 Å². The van der Waals surface area contributed by atoms with Crippen molar-refractivity contribution >= 4 is 17.5 Å². The highest BCUT2D eigenvalue weighted by Gasteiger charge is 2.25. The van der Waals surface area contributed by atoms with Crippen LogP contribution in [0, 0.1) is 15.5 Å². The zero-order valence-electron chi connectivity index (χ0n) is 16.5. The molecule has 0 spiro atoms. The van der Waals surface area contributed by atoms with E-state index >= 15 is 0 Å². The van der Waals surface area contributed by atoms with Crippen LogP contribution >= 0.6 is 0 Å². The van der Waals surface area contributed by atoms with Crippen molar-refractivity contribution in [3.63, 3.8) is 0 Å². The number of rotatable bonds is 6. The number of nitrogens with zero attached hydrogens (tertiary/aromatic N) is 2. The number of benzene rings is 1. The Hall–Kier alpha value is -2.35. The minimum Gasteiger partial charge on any atom is -0.465 e. The van der Waals surface area contributed by atoms with Gasteiger partial charge in [0.05, 0.1) is 4.92 Å². The first kappa shape index (κ1) is 21.0. The van der Waals surface area contributed by atoms with Crippen LogP contribution in [0.15, 0.2) is 18.2 Å². The molecule has 1 aromatic carbocycles. The Kier molecular flexibility index (Phi) is 6.64. The van der Waals surface area contributed by atoms with Crippen molar-refractivity contribution in [3.05, 3.63) is 33.9 Å². The fourth-order valence-corrected chi connectivity index (χ4v) is 3.03. The van der Waals surface area contributed by atoms with E-state index in [1.54, 1.807) is 12.1 Å². The summed E-state index contributed by atoms with van der Waals surface area (Å²) in [5.41, 5.74) is 1.40. The Morgan fingerprint density at radius 1 is 1.44 bits per heavy atom. The van der Waals surface area contributed by atoms with Gasteiger partial charge >= 0.3 is 6.09 Å². The standard InChI is InChI=1S/C19H30N4O4/c1-13(19(2,3)4)20-11-14-7-8-16(17(10-14)23(26)27)21-15-6-5-9-22(12-15)18(24)25/h7-8,10,13,15,20-21H,5-6,9,11-12H2,1-4H3,(H,24,25). The van der Waals surface area contributed by atoms with Crippen LogP contribution in [0.3, 0.4) is 0 Å². The van der Waals surface area contributed by atoms with Crippen molar-refractivity contribution in [3.8, 4) is 0 Å². The largest absolute Gasteiger partial charge is 0.465 e. The van der Waals surface area contributed by atoms with Gasteiger partial charge in [-0.3, -0.25) is 10.1 Å². The number of anilines is 1. The third-order valence-corrected chi connectivity index (χ3v) is 5.22. The fraction of sp³-hybridized carbons (Fsp3) is 0.632. The van der Waals surface area contributed by atoms with Crippen LogP contribution in [0.4, 0.5) is 16.2 Å². The average molecular weight is 378 g/mol. The van der Waals surface area contributed by atoms with E-state index in [2.05, 4.69) is 38.3 Å². The number of nitrogens with one attached hydrogen (secondary N) is 2. The number of nitro benzene ring substituents is 1. The van der Waals surface area contributed by atoms with Gasteiger partial charge in [-0.25, -0.2) is 4.79 Å². The highest BCUT2D eigenvalue weighted by Crippen LogP contribution is 2.28. The van der Waals surface area contributed by atoms with Crippen LogP contribution in [-0.4, -0.2) is 46.2 Å². The molecular formula is C19H30N4O4.